The number of aromatic nitrogens is 2. The molecule has 0 saturated heterocycles. The van der Waals surface area contributed by atoms with Gasteiger partial charge in [0.1, 0.15) is 10.7 Å². The fourth-order valence-corrected chi connectivity index (χ4v) is 3.05. The van der Waals surface area contributed by atoms with Crippen LogP contribution in [0.2, 0.25) is 0 Å². The molecule has 21 heavy (non-hydrogen) atoms. The Bertz CT molecular complexity index is 1060. The predicted octanol–water partition coefficient (Wildman–Crippen LogP) is 4.19. The number of hydrogen-bond donors (Lipinski definition) is 0. The number of pyridine rings is 1. The first-order valence-electron chi connectivity index (χ1n) is 6.53. The molecule has 3 nitrogen and oxygen atoms in total. The van der Waals surface area contributed by atoms with Gasteiger partial charge in [-0.2, -0.15) is 5.26 Å². The Hall–Kier alpha value is -2.77. The molecular formula is C17H9N3S. The Kier molecular flexibility index (Phi) is 2.50. The molecule has 4 aromatic rings. The van der Waals surface area contributed by atoms with Crippen molar-refractivity contribution in [1.29, 1.82) is 5.26 Å². The summed E-state index contributed by atoms with van der Waals surface area (Å²) in [6.07, 6.45) is 0. The van der Waals surface area contributed by atoms with Gasteiger partial charge in [0, 0.05) is 5.39 Å². The zero-order valence-electron chi connectivity index (χ0n) is 10.9. The van der Waals surface area contributed by atoms with Crippen LogP contribution in [0.15, 0.2) is 54.6 Å². The number of rotatable bonds is 1. The van der Waals surface area contributed by atoms with E-state index in [0.29, 0.717) is 10.5 Å². The smallest absolute Gasteiger partial charge is 0.219 e. The largest absolute Gasteiger partial charge is 0.273 e. The zero-order valence-corrected chi connectivity index (χ0v) is 11.8. The molecule has 0 spiro atoms. The van der Waals surface area contributed by atoms with Crippen molar-refractivity contribution in [2.75, 3.05) is 0 Å². The molecule has 0 N–H and O–H groups in total. The van der Waals surface area contributed by atoms with E-state index in [4.69, 9.17) is 12.2 Å². The number of hydrogen-bond acceptors (Lipinski definition) is 3. The number of nitriles is 1. The standard InChI is InChI=1S/C17H9N3S/c18-10-15-19-14-8-4-7-12-13(11-5-2-1-3-6-11)9-16(21)20(15)17(12)14/h1-9H. The van der Waals surface area contributed by atoms with E-state index < -0.39 is 0 Å². The van der Waals surface area contributed by atoms with Crippen LogP contribution in [0, 0.1) is 16.0 Å². The quantitative estimate of drug-likeness (QED) is 0.493. The molecule has 98 valence electrons. The molecule has 0 amide bonds. The Labute approximate surface area is 126 Å². The summed E-state index contributed by atoms with van der Waals surface area (Å²) in [5, 5.41) is 10.3. The van der Waals surface area contributed by atoms with Gasteiger partial charge in [0.25, 0.3) is 0 Å². The van der Waals surface area contributed by atoms with Crippen LogP contribution in [-0.2, 0) is 0 Å². The third-order valence-corrected chi connectivity index (χ3v) is 3.94. The van der Waals surface area contributed by atoms with E-state index >= 15 is 0 Å². The van der Waals surface area contributed by atoms with Gasteiger partial charge in [0.2, 0.25) is 5.82 Å². The third kappa shape index (κ3) is 1.65. The van der Waals surface area contributed by atoms with E-state index in [0.717, 1.165) is 27.5 Å². The van der Waals surface area contributed by atoms with Crippen LogP contribution in [0.5, 0.6) is 0 Å². The lowest BCUT2D eigenvalue weighted by molar-refractivity contribution is 1.09. The molecule has 0 atom stereocenters. The van der Waals surface area contributed by atoms with Crippen molar-refractivity contribution in [2.45, 2.75) is 0 Å². The van der Waals surface area contributed by atoms with Gasteiger partial charge in [0.05, 0.1) is 11.0 Å². The molecule has 4 heteroatoms. The normalized spacial score (nSPS) is 11.0. The van der Waals surface area contributed by atoms with E-state index in [1.54, 1.807) is 4.40 Å². The lowest BCUT2D eigenvalue weighted by Gasteiger charge is -2.08. The van der Waals surface area contributed by atoms with Crippen LogP contribution in [0.3, 0.4) is 0 Å². The van der Waals surface area contributed by atoms with Gasteiger partial charge in [-0.25, -0.2) is 4.98 Å². The fraction of sp³-hybridized carbons (Fsp3) is 0. The first-order chi connectivity index (χ1) is 10.3. The molecule has 4 rings (SSSR count). The first kappa shape index (κ1) is 12.0. The highest BCUT2D eigenvalue weighted by Gasteiger charge is 2.14. The summed E-state index contributed by atoms with van der Waals surface area (Å²) in [5.74, 6) is 0.339. The van der Waals surface area contributed by atoms with Crippen LogP contribution in [0.1, 0.15) is 5.82 Å². The second kappa shape index (κ2) is 4.37. The Balaban J connectivity index is 2.25. The third-order valence-electron chi connectivity index (χ3n) is 3.64. The maximum atomic E-state index is 9.25. The van der Waals surface area contributed by atoms with E-state index in [1.165, 1.54) is 0 Å². The van der Waals surface area contributed by atoms with Crippen LogP contribution < -0.4 is 0 Å². The molecule has 0 aliphatic carbocycles. The molecule has 2 heterocycles. The molecule has 2 aromatic carbocycles. The van der Waals surface area contributed by atoms with Gasteiger partial charge < -0.3 is 0 Å². The lowest BCUT2D eigenvalue weighted by atomic mass is 10.0. The van der Waals surface area contributed by atoms with Gasteiger partial charge >= 0.3 is 0 Å². The van der Waals surface area contributed by atoms with Crippen molar-refractivity contribution < 1.29 is 0 Å². The maximum Gasteiger partial charge on any atom is 0.219 e. The van der Waals surface area contributed by atoms with Crippen molar-refractivity contribution in [3.8, 4) is 17.2 Å². The van der Waals surface area contributed by atoms with Crippen molar-refractivity contribution in [1.82, 2.24) is 9.38 Å². The minimum Gasteiger partial charge on any atom is -0.273 e. The van der Waals surface area contributed by atoms with Crippen LogP contribution in [0.4, 0.5) is 0 Å². The summed E-state index contributed by atoms with van der Waals surface area (Å²) in [7, 11) is 0. The lowest BCUT2D eigenvalue weighted by Crippen LogP contribution is -1.93. The van der Waals surface area contributed by atoms with Crippen molar-refractivity contribution in [3.05, 3.63) is 65.1 Å². The molecule has 2 aromatic heterocycles. The highest BCUT2D eigenvalue weighted by atomic mass is 32.1. The highest BCUT2D eigenvalue weighted by molar-refractivity contribution is 7.71. The molecule has 0 saturated carbocycles. The molecule has 0 unspecified atom stereocenters. The average molecular weight is 287 g/mol. The Morgan fingerprint density at radius 2 is 1.86 bits per heavy atom. The van der Waals surface area contributed by atoms with Crippen molar-refractivity contribution >= 4 is 28.6 Å². The minimum absolute atomic E-state index is 0.339. The van der Waals surface area contributed by atoms with E-state index in [9.17, 15) is 5.26 Å². The molecule has 0 fully saturated rings. The number of imidazole rings is 1. The van der Waals surface area contributed by atoms with Crippen molar-refractivity contribution in [2.24, 2.45) is 0 Å². The molecule has 0 aliphatic heterocycles. The first-order valence-corrected chi connectivity index (χ1v) is 6.94. The van der Waals surface area contributed by atoms with E-state index in [-0.39, 0.29) is 0 Å². The fourth-order valence-electron chi connectivity index (χ4n) is 2.76. The molecule has 0 radical (unpaired) electrons. The topological polar surface area (TPSA) is 41.1 Å². The predicted molar refractivity (Wildman–Crippen MR) is 84.9 cm³/mol. The SMILES string of the molecule is N#Cc1nc2cccc3c(-c4ccccc4)cc(=S)n1c23. The van der Waals surface area contributed by atoms with Gasteiger partial charge in [-0.05, 0) is 23.3 Å². The maximum absolute atomic E-state index is 9.25. The Morgan fingerprint density at radius 3 is 2.62 bits per heavy atom. The second-order valence-corrected chi connectivity index (χ2v) is 5.24. The summed E-state index contributed by atoms with van der Waals surface area (Å²) in [4.78, 5) is 4.36. The van der Waals surface area contributed by atoms with E-state index in [1.807, 2.05) is 42.5 Å². The van der Waals surface area contributed by atoms with Crippen LogP contribution in [0.25, 0.3) is 27.5 Å². The summed E-state index contributed by atoms with van der Waals surface area (Å²) in [6.45, 7) is 0. The van der Waals surface area contributed by atoms with Crippen LogP contribution >= 0.6 is 12.2 Å². The molecule has 0 bridgehead atoms. The summed E-state index contributed by atoms with van der Waals surface area (Å²) in [6, 6.07) is 20.1. The Morgan fingerprint density at radius 1 is 1.05 bits per heavy atom. The van der Waals surface area contributed by atoms with Gasteiger partial charge in [-0.3, -0.25) is 4.40 Å². The van der Waals surface area contributed by atoms with Gasteiger partial charge in [-0.1, -0.05) is 54.7 Å². The van der Waals surface area contributed by atoms with Crippen molar-refractivity contribution in [3.63, 3.8) is 0 Å². The summed E-state index contributed by atoms with van der Waals surface area (Å²) >= 11 is 5.47. The van der Waals surface area contributed by atoms with E-state index in [2.05, 4.69) is 23.2 Å². The summed E-state index contributed by atoms with van der Waals surface area (Å²) in [5.41, 5.74) is 3.90. The molecular weight excluding hydrogens is 278 g/mol. The number of nitrogens with zero attached hydrogens (tertiary/aromatic N) is 3. The highest BCUT2D eigenvalue weighted by Crippen LogP contribution is 2.32. The summed E-state index contributed by atoms with van der Waals surface area (Å²) < 4.78 is 2.36. The molecule has 0 aliphatic rings. The second-order valence-electron chi connectivity index (χ2n) is 4.82. The zero-order chi connectivity index (χ0) is 14.4. The average Bonchev–Trinajstić information content (AvgIpc) is 2.92. The van der Waals surface area contributed by atoms with Gasteiger partial charge in [-0.15, -0.1) is 0 Å². The number of para-hydroxylation sites is 1. The minimum atomic E-state index is 0.339. The monoisotopic (exact) mass is 287 g/mol. The van der Waals surface area contributed by atoms with Gasteiger partial charge in [0.15, 0.2) is 0 Å². The van der Waals surface area contributed by atoms with Crippen LogP contribution in [-0.4, -0.2) is 9.38 Å². The number of benzene rings is 2.